The number of hydrogen-bond donors (Lipinski definition) is 4. The zero-order valence-electron chi connectivity index (χ0n) is 31.7. The lowest BCUT2D eigenvalue weighted by molar-refractivity contribution is -0.164. The number of rotatable bonds is 35. The van der Waals surface area contributed by atoms with Gasteiger partial charge >= 0.3 is 7.82 Å². The number of ketones is 2. The standard InChI is InChI=1S/C41H70NO8P/c1-3-5-7-9-11-13-15-17-19-21-23-25-27-29-31-33-38(44)41(40(46)37-43,50-51(47,48)49-36-35-42)39(45)34-32-30-28-26-24-22-20-18-16-14-12-10-8-6-4-2/h5-8,11-14,17-20,40,43,46H,3-4,9-10,15-16,21-37,42H2,1-2H3,(H,47,48)/b7-5-,8-6-,13-11-,14-12-,19-17-,20-18-/t40-/m0/s1. The number of aliphatic hydroxyl groups is 2. The first-order valence-corrected chi connectivity index (χ1v) is 20.8. The molecule has 0 radical (unpaired) electrons. The molecule has 0 aliphatic heterocycles. The number of aliphatic hydroxyl groups excluding tert-OH is 2. The summed E-state index contributed by atoms with van der Waals surface area (Å²) in [5, 5.41) is 20.7. The van der Waals surface area contributed by atoms with Crippen molar-refractivity contribution in [2.24, 2.45) is 5.73 Å². The van der Waals surface area contributed by atoms with Crippen LogP contribution in [0.2, 0.25) is 0 Å². The summed E-state index contributed by atoms with van der Waals surface area (Å²) >= 11 is 0. The number of carbonyl (C=O) groups excluding carboxylic acids is 2. The molecule has 0 saturated carbocycles. The summed E-state index contributed by atoms with van der Waals surface area (Å²) in [5.74, 6) is -1.67. The van der Waals surface area contributed by atoms with Crippen LogP contribution in [-0.4, -0.2) is 58.1 Å². The lowest BCUT2D eigenvalue weighted by atomic mass is 9.82. The van der Waals surface area contributed by atoms with E-state index in [0.29, 0.717) is 25.7 Å². The van der Waals surface area contributed by atoms with Crippen molar-refractivity contribution in [3.05, 3.63) is 72.9 Å². The van der Waals surface area contributed by atoms with Crippen LogP contribution in [0.15, 0.2) is 72.9 Å². The fraction of sp³-hybridized carbons (Fsp3) is 0.659. The van der Waals surface area contributed by atoms with Crippen molar-refractivity contribution in [3.8, 4) is 0 Å². The van der Waals surface area contributed by atoms with Gasteiger partial charge in [0, 0.05) is 19.4 Å². The van der Waals surface area contributed by atoms with Crippen molar-refractivity contribution in [2.45, 2.75) is 154 Å². The highest BCUT2D eigenvalue weighted by Crippen LogP contribution is 2.49. The third kappa shape index (κ3) is 25.4. The van der Waals surface area contributed by atoms with Gasteiger partial charge in [-0.15, -0.1) is 0 Å². The number of nitrogens with two attached hydrogens (primary N) is 1. The van der Waals surface area contributed by atoms with Crippen molar-refractivity contribution in [1.82, 2.24) is 0 Å². The van der Waals surface area contributed by atoms with Gasteiger partial charge in [0.05, 0.1) is 13.2 Å². The second-order valence-corrected chi connectivity index (χ2v) is 14.0. The summed E-state index contributed by atoms with van der Waals surface area (Å²) in [7, 11) is -4.97. The molecule has 0 saturated heterocycles. The van der Waals surface area contributed by atoms with Gasteiger partial charge in [-0.3, -0.25) is 18.6 Å². The van der Waals surface area contributed by atoms with Crippen LogP contribution < -0.4 is 5.73 Å². The van der Waals surface area contributed by atoms with Crippen LogP contribution in [0.25, 0.3) is 0 Å². The van der Waals surface area contributed by atoms with E-state index in [0.717, 1.165) is 89.9 Å². The molecular formula is C41H70NO8P. The molecule has 0 aliphatic carbocycles. The smallest absolute Gasteiger partial charge is 0.394 e. The Morgan fingerprint density at radius 2 is 1.02 bits per heavy atom. The van der Waals surface area contributed by atoms with Crippen LogP contribution in [0.4, 0.5) is 0 Å². The van der Waals surface area contributed by atoms with Gasteiger partial charge in [0.15, 0.2) is 11.6 Å². The van der Waals surface area contributed by atoms with Gasteiger partial charge in [-0.1, -0.05) is 125 Å². The summed E-state index contributed by atoms with van der Waals surface area (Å²) < 4.78 is 22.9. The highest BCUT2D eigenvalue weighted by molar-refractivity contribution is 7.47. The fourth-order valence-electron chi connectivity index (χ4n) is 5.38. The van der Waals surface area contributed by atoms with Crippen molar-refractivity contribution in [3.63, 3.8) is 0 Å². The summed E-state index contributed by atoms with van der Waals surface area (Å²) in [6.45, 7) is 2.78. The van der Waals surface area contributed by atoms with Crippen LogP contribution in [0, 0.1) is 0 Å². The lowest BCUT2D eigenvalue weighted by Gasteiger charge is -2.35. The average molecular weight is 736 g/mol. The number of phosphoric acid groups is 1. The molecule has 0 aliphatic rings. The maximum atomic E-state index is 13.6. The highest BCUT2D eigenvalue weighted by atomic mass is 31.2. The van der Waals surface area contributed by atoms with E-state index in [4.69, 9.17) is 14.8 Å². The molecule has 9 nitrogen and oxygen atoms in total. The summed E-state index contributed by atoms with van der Waals surface area (Å²) in [6.07, 6.45) is 39.3. The molecule has 2 atom stereocenters. The van der Waals surface area contributed by atoms with Crippen LogP contribution in [-0.2, 0) is 23.2 Å². The largest absolute Gasteiger partial charge is 0.473 e. The Bertz CT molecular complexity index is 1050. The lowest BCUT2D eigenvalue weighted by Crippen LogP contribution is -2.58. The van der Waals surface area contributed by atoms with Crippen LogP contribution in [0.1, 0.15) is 142 Å². The molecule has 0 aromatic heterocycles. The molecular weight excluding hydrogens is 665 g/mol. The van der Waals surface area contributed by atoms with E-state index in [1.54, 1.807) is 0 Å². The van der Waals surface area contributed by atoms with E-state index < -0.39 is 37.7 Å². The predicted molar refractivity (Wildman–Crippen MR) is 210 cm³/mol. The Morgan fingerprint density at radius 3 is 1.41 bits per heavy atom. The van der Waals surface area contributed by atoms with Gasteiger partial charge in [-0.05, 0) is 77.0 Å². The summed E-state index contributed by atoms with van der Waals surface area (Å²) in [4.78, 5) is 37.5. The first kappa shape index (κ1) is 48.8. The van der Waals surface area contributed by atoms with E-state index >= 15 is 0 Å². The van der Waals surface area contributed by atoms with Crippen LogP contribution in [0.5, 0.6) is 0 Å². The molecule has 0 fully saturated rings. The Hall–Kier alpha value is -2.23. The Labute approximate surface area is 309 Å². The second-order valence-electron chi connectivity index (χ2n) is 12.7. The fourth-order valence-corrected chi connectivity index (χ4v) is 6.45. The number of hydrogen-bond acceptors (Lipinski definition) is 8. The van der Waals surface area contributed by atoms with E-state index in [2.05, 4.69) is 86.8 Å². The minimum Gasteiger partial charge on any atom is -0.394 e. The molecule has 292 valence electrons. The van der Waals surface area contributed by atoms with Gasteiger partial charge in [-0.25, -0.2) is 4.57 Å². The average Bonchev–Trinajstić information content (AvgIpc) is 3.12. The third-order valence-corrected chi connectivity index (χ3v) is 9.24. The minimum absolute atomic E-state index is 0.0983. The summed E-state index contributed by atoms with van der Waals surface area (Å²) in [5.41, 5.74) is 2.69. The SMILES string of the molecule is CC/C=C\C/C=C\C/C=C\CCCCCCCC(=O)C(OP(=O)(O)OCCN)(C(=O)CCCCCCC/C=C\C/C=C\C/C=C\CC)[C@@H](O)CO. The molecule has 0 aromatic carbocycles. The minimum atomic E-state index is -4.97. The number of phosphoric ester groups is 1. The molecule has 0 rings (SSSR count). The number of unbranched alkanes of at least 4 members (excludes halogenated alkanes) is 10. The highest BCUT2D eigenvalue weighted by Gasteiger charge is 2.55. The third-order valence-electron chi connectivity index (χ3n) is 8.21. The summed E-state index contributed by atoms with van der Waals surface area (Å²) in [6, 6.07) is 0. The maximum Gasteiger partial charge on any atom is 0.473 e. The number of allylic oxidation sites excluding steroid dienone is 12. The molecule has 0 spiro atoms. The first-order valence-electron chi connectivity index (χ1n) is 19.3. The molecule has 0 amide bonds. The van der Waals surface area contributed by atoms with Gasteiger partial charge in [-0.2, -0.15) is 0 Å². The van der Waals surface area contributed by atoms with Gasteiger partial charge in [0.25, 0.3) is 0 Å². The molecule has 0 heterocycles. The van der Waals surface area contributed by atoms with E-state index in [-0.39, 0.29) is 26.0 Å². The Kier molecular flexibility index (Phi) is 32.1. The predicted octanol–water partition coefficient (Wildman–Crippen LogP) is 9.49. The van der Waals surface area contributed by atoms with Gasteiger partial charge < -0.3 is 20.8 Å². The van der Waals surface area contributed by atoms with Crippen molar-refractivity contribution < 1.29 is 38.3 Å². The van der Waals surface area contributed by atoms with Crippen molar-refractivity contribution in [2.75, 3.05) is 19.8 Å². The van der Waals surface area contributed by atoms with Crippen molar-refractivity contribution in [1.29, 1.82) is 0 Å². The Morgan fingerprint density at radius 1 is 0.647 bits per heavy atom. The first-order chi connectivity index (χ1) is 24.7. The van der Waals surface area contributed by atoms with E-state index in [1.165, 1.54) is 0 Å². The number of carbonyl (C=O) groups is 2. The normalized spacial score (nSPS) is 14.7. The molecule has 1 unspecified atom stereocenters. The van der Waals surface area contributed by atoms with Crippen molar-refractivity contribution >= 4 is 19.4 Å². The quantitative estimate of drug-likeness (QED) is 0.0215. The molecule has 5 N–H and O–H groups in total. The second kappa shape index (κ2) is 33.6. The topological polar surface area (TPSA) is 156 Å². The van der Waals surface area contributed by atoms with Gasteiger partial charge in [0.2, 0.25) is 5.60 Å². The van der Waals surface area contributed by atoms with Gasteiger partial charge in [0.1, 0.15) is 6.10 Å². The van der Waals surface area contributed by atoms with Crippen LogP contribution in [0.3, 0.4) is 0 Å². The van der Waals surface area contributed by atoms with E-state index in [9.17, 15) is 29.3 Å². The molecule has 0 aromatic rings. The zero-order valence-corrected chi connectivity index (χ0v) is 32.6. The zero-order chi connectivity index (χ0) is 37.9. The van der Waals surface area contributed by atoms with Crippen LogP contribution >= 0.6 is 7.82 Å². The van der Waals surface area contributed by atoms with E-state index in [1.807, 2.05) is 0 Å². The molecule has 10 heteroatoms. The Balaban J connectivity index is 4.93. The molecule has 51 heavy (non-hydrogen) atoms. The number of Topliss-reactive ketones (excluding diaryl/α,β-unsaturated/α-hetero) is 2. The monoisotopic (exact) mass is 735 g/mol. The molecule has 0 bridgehead atoms. The maximum absolute atomic E-state index is 13.6.